The molecular formula is C21H21F6N3O5S. The second-order valence-electron chi connectivity index (χ2n) is 7.74. The number of rotatable bonds is 4. The minimum Gasteiger partial charge on any atom is -0.488 e. The molecule has 2 aliphatic rings. The van der Waals surface area contributed by atoms with Gasteiger partial charge in [-0.15, -0.1) is 11.8 Å². The first kappa shape index (κ1) is 29.2. The SMILES string of the molecule is O=C(O)C(F)(F)F.O=C(O)C(F)(F)F.c1cncc(CN2CC3(CC(Oc4cccnc4)CS3)C2)c1. The molecule has 36 heavy (non-hydrogen) atoms. The number of thioether (sulfide) groups is 1. The Morgan fingerprint density at radius 3 is 1.97 bits per heavy atom. The minimum absolute atomic E-state index is 0.315. The third-order valence-corrected chi connectivity index (χ3v) is 6.33. The number of alkyl halides is 6. The van der Waals surface area contributed by atoms with Crippen LogP contribution in [-0.2, 0) is 16.1 Å². The number of carbonyl (C=O) groups is 2. The Bertz CT molecular complexity index is 965. The minimum atomic E-state index is -5.08. The van der Waals surface area contributed by atoms with Crippen LogP contribution in [0.5, 0.6) is 5.75 Å². The van der Waals surface area contributed by atoms with Crippen LogP contribution in [0.4, 0.5) is 26.3 Å². The topological polar surface area (TPSA) is 113 Å². The van der Waals surface area contributed by atoms with Crippen LogP contribution in [0.1, 0.15) is 12.0 Å². The molecule has 15 heteroatoms. The van der Waals surface area contributed by atoms with E-state index in [9.17, 15) is 26.3 Å². The maximum absolute atomic E-state index is 10.6. The van der Waals surface area contributed by atoms with Gasteiger partial charge in [0.05, 0.1) is 6.20 Å². The zero-order chi connectivity index (χ0) is 27.0. The highest BCUT2D eigenvalue weighted by Gasteiger charge is 2.49. The molecule has 1 spiro atoms. The lowest BCUT2D eigenvalue weighted by molar-refractivity contribution is -0.193. The molecule has 8 nitrogen and oxygen atoms in total. The molecule has 1 atom stereocenters. The van der Waals surface area contributed by atoms with Gasteiger partial charge in [0.2, 0.25) is 0 Å². The van der Waals surface area contributed by atoms with Crippen molar-refractivity contribution in [3.63, 3.8) is 0 Å². The van der Waals surface area contributed by atoms with Crippen molar-refractivity contribution in [2.24, 2.45) is 0 Å². The van der Waals surface area contributed by atoms with Gasteiger partial charge < -0.3 is 14.9 Å². The smallest absolute Gasteiger partial charge is 0.488 e. The number of hydrogen-bond donors (Lipinski definition) is 2. The monoisotopic (exact) mass is 541 g/mol. The fourth-order valence-corrected chi connectivity index (χ4v) is 4.92. The van der Waals surface area contributed by atoms with Gasteiger partial charge in [0, 0.05) is 55.1 Å². The highest BCUT2D eigenvalue weighted by atomic mass is 32.2. The summed E-state index contributed by atoms with van der Waals surface area (Å²) < 4.78 is 69.9. The maximum Gasteiger partial charge on any atom is 0.490 e. The number of ether oxygens (including phenoxy) is 1. The van der Waals surface area contributed by atoms with Crippen molar-refractivity contribution < 1.29 is 50.9 Å². The van der Waals surface area contributed by atoms with E-state index in [0.717, 1.165) is 37.6 Å². The second-order valence-corrected chi connectivity index (χ2v) is 9.23. The van der Waals surface area contributed by atoms with Gasteiger partial charge in [0.25, 0.3) is 0 Å². The number of carboxylic acids is 2. The van der Waals surface area contributed by atoms with Crippen LogP contribution in [0.25, 0.3) is 0 Å². The summed E-state index contributed by atoms with van der Waals surface area (Å²) in [5, 5.41) is 14.2. The Balaban J connectivity index is 0.000000271. The third kappa shape index (κ3) is 9.53. The Labute approximate surface area is 205 Å². The molecule has 2 aromatic rings. The molecule has 4 rings (SSSR count). The molecule has 0 bridgehead atoms. The molecule has 0 aliphatic carbocycles. The fourth-order valence-electron chi connectivity index (χ4n) is 3.34. The number of hydrogen-bond acceptors (Lipinski definition) is 7. The first-order valence-electron chi connectivity index (χ1n) is 10.1. The average molecular weight is 541 g/mol. The fraction of sp³-hybridized carbons (Fsp3) is 0.429. The number of pyridine rings is 2. The molecule has 1 unspecified atom stereocenters. The molecule has 2 saturated heterocycles. The molecule has 198 valence electrons. The molecule has 2 aromatic heterocycles. The van der Waals surface area contributed by atoms with E-state index in [-0.39, 0.29) is 0 Å². The van der Waals surface area contributed by atoms with Crippen LogP contribution >= 0.6 is 11.8 Å². The van der Waals surface area contributed by atoms with E-state index in [1.54, 1.807) is 12.4 Å². The van der Waals surface area contributed by atoms with Gasteiger partial charge in [-0.05, 0) is 23.8 Å². The zero-order valence-electron chi connectivity index (χ0n) is 18.4. The number of nitrogens with zero attached hydrogens (tertiary/aromatic N) is 3. The van der Waals surface area contributed by atoms with Crippen molar-refractivity contribution in [1.82, 2.24) is 14.9 Å². The lowest BCUT2D eigenvalue weighted by Gasteiger charge is -2.47. The summed E-state index contributed by atoms with van der Waals surface area (Å²) in [5.74, 6) is -3.55. The van der Waals surface area contributed by atoms with Gasteiger partial charge in [-0.3, -0.25) is 14.9 Å². The van der Waals surface area contributed by atoms with E-state index < -0.39 is 24.3 Å². The summed E-state index contributed by atoms with van der Waals surface area (Å²) in [6.07, 6.45) is -1.36. The summed E-state index contributed by atoms with van der Waals surface area (Å²) in [6, 6.07) is 8.06. The van der Waals surface area contributed by atoms with Crippen molar-refractivity contribution >= 4 is 23.7 Å². The van der Waals surface area contributed by atoms with E-state index in [0.29, 0.717) is 10.9 Å². The van der Waals surface area contributed by atoms with Crippen molar-refractivity contribution in [2.45, 2.75) is 36.2 Å². The standard InChI is InChI=1S/C17H19N3OS.2C2HF3O2/c1-3-14(8-18-5-1)10-20-12-17(13-20)7-16(11-22-17)21-15-4-2-6-19-9-15;2*3-2(4,5)1(6)7/h1-6,8-9,16H,7,10-13H2;2*(H,6,7). The van der Waals surface area contributed by atoms with E-state index in [1.807, 2.05) is 30.6 Å². The predicted octanol–water partition coefficient (Wildman–Crippen LogP) is 3.88. The molecule has 0 radical (unpaired) electrons. The molecule has 2 fully saturated rings. The number of aliphatic carboxylic acids is 2. The van der Waals surface area contributed by atoms with Crippen molar-refractivity contribution in [3.05, 3.63) is 54.6 Å². The van der Waals surface area contributed by atoms with Gasteiger partial charge in [-0.2, -0.15) is 26.3 Å². The normalized spacial score (nSPS) is 18.7. The van der Waals surface area contributed by atoms with Crippen molar-refractivity contribution in [3.8, 4) is 5.75 Å². The van der Waals surface area contributed by atoms with E-state index in [1.165, 1.54) is 5.56 Å². The molecule has 2 N–H and O–H groups in total. The largest absolute Gasteiger partial charge is 0.490 e. The van der Waals surface area contributed by atoms with Gasteiger partial charge in [0.1, 0.15) is 11.9 Å². The van der Waals surface area contributed by atoms with Gasteiger partial charge >= 0.3 is 24.3 Å². The summed E-state index contributed by atoms with van der Waals surface area (Å²) in [6.45, 7) is 3.31. The number of carboxylic acid groups (broad SMARTS) is 2. The summed E-state index contributed by atoms with van der Waals surface area (Å²) in [5.41, 5.74) is 1.29. The van der Waals surface area contributed by atoms with Crippen LogP contribution in [-0.4, -0.2) is 79.1 Å². The Hall–Kier alpha value is -3.07. The quantitative estimate of drug-likeness (QED) is 0.557. The Morgan fingerprint density at radius 1 is 1.00 bits per heavy atom. The molecular weight excluding hydrogens is 520 g/mol. The lowest BCUT2D eigenvalue weighted by Crippen LogP contribution is -2.58. The third-order valence-electron chi connectivity index (χ3n) is 4.75. The predicted molar refractivity (Wildman–Crippen MR) is 115 cm³/mol. The summed E-state index contributed by atoms with van der Waals surface area (Å²) >= 11 is 2.07. The zero-order valence-corrected chi connectivity index (χ0v) is 19.2. The molecule has 0 amide bonds. The van der Waals surface area contributed by atoms with Crippen molar-refractivity contribution in [1.29, 1.82) is 0 Å². The Kier molecular flexibility index (Phi) is 9.93. The van der Waals surface area contributed by atoms with Gasteiger partial charge in [-0.25, -0.2) is 9.59 Å². The van der Waals surface area contributed by atoms with E-state index in [4.69, 9.17) is 24.5 Å². The molecule has 4 heterocycles. The van der Waals surface area contributed by atoms with Crippen LogP contribution in [0, 0.1) is 0 Å². The molecule has 2 aliphatic heterocycles. The first-order chi connectivity index (χ1) is 16.7. The summed E-state index contributed by atoms with van der Waals surface area (Å²) in [4.78, 5) is 28.6. The maximum atomic E-state index is 10.6. The average Bonchev–Trinajstić information content (AvgIpc) is 3.18. The number of halogens is 6. The van der Waals surface area contributed by atoms with Gasteiger partial charge in [-0.1, -0.05) is 6.07 Å². The van der Waals surface area contributed by atoms with Crippen LogP contribution in [0.3, 0.4) is 0 Å². The Morgan fingerprint density at radius 2 is 1.53 bits per heavy atom. The van der Waals surface area contributed by atoms with Crippen molar-refractivity contribution in [2.75, 3.05) is 18.8 Å². The second kappa shape index (κ2) is 12.3. The van der Waals surface area contributed by atoms with E-state index >= 15 is 0 Å². The highest BCUT2D eigenvalue weighted by molar-refractivity contribution is 8.01. The number of likely N-dealkylation sites (tertiary alicyclic amines) is 1. The lowest BCUT2D eigenvalue weighted by atomic mass is 9.92. The molecule has 0 aromatic carbocycles. The van der Waals surface area contributed by atoms with E-state index in [2.05, 4.69) is 32.7 Å². The number of aromatic nitrogens is 2. The summed E-state index contributed by atoms with van der Waals surface area (Å²) in [7, 11) is 0. The first-order valence-corrected chi connectivity index (χ1v) is 11.1. The van der Waals surface area contributed by atoms with Crippen LogP contribution in [0.15, 0.2) is 49.1 Å². The highest BCUT2D eigenvalue weighted by Crippen LogP contribution is 2.46. The van der Waals surface area contributed by atoms with Gasteiger partial charge in [0.15, 0.2) is 0 Å². The van der Waals surface area contributed by atoms with Crippen LogP contribution in [0.2, 0.25) is 0 Å². The molecule has 0 saturated carbocycles. The van der Waals surface area contributed by atoms with Crippen LogP contribution < -0.4 is 4.74 Å².